The van der Waals surface area contributed by atoms with Crippen molar-refractivity contribution in [2.75, 3.05) is 19.0 Å². The monoisotopic (exact) mass is 255 g/mol. The van der Waals surface area contributed by atoms with Gasteiger partial charge in [-0.15, -0.1) is 11.8 Å². The fraction of sp³-hybridized carbons (Fsp3) is 0.417. The van der Waals surface area contributed by atoms with E-state index in [1.54, 1.807) is 11.8 Å². The number of aliphatic hydroxyl groups excluding tert-OH is 2. The molecule has 1 rings (SSSR count). The molecule has 0 radical (unpaired) electrons. The van der Waals surface area contributed by atoms with Crippen molar-refractivity contribution in [3.63, 3.8) is 0 Å². The van der Waals surface area contributed by atoms with Gasteiger partial charge in [-0.05, 0) is 12.1 Å². The Balaban J connectivity index is 2.20. The fourth-order valence-corrected chi connectivity index (χ4v) is 2.10. The van der Waals surface area contributed by atoms with Crippen LogP contribution in [0.25, 0.3) is 0 Å². The molecule has 0 spiro atoms. The summed E-state index contributed by atoms with van der Waals surface area (Å²) in [6.45, 7) is -0.484. The van der Waals surface area contributed by atoms with Gasteiger partial charge in [0.25, 0.3) is 0 Å². The lowest BCUT2D eigenvalue weighted by molar-refractivity contribution is -0.122. The summed E-state index contributed by atoms with van der Waals surface area (Å²) in [6, 6.07) is 9.29. The highest BCUT2D eigenvalue weighted by Gasteiger charge is 2.09. The molecule has 0 heterocycles. The molecular weight excluding hydrogens is 238 g/mol. The van der Waals surface area contributed by atoms with Crippen molar-refractivity contribution < 1.29 is 15.0 Å². The van der Waals surface area contributed by atoms with Crippen molar-refractivity contribution in [2.45, 2.75) is 17.4 Å². The number of amides is 1. The highest BCUT2D eigenvalue weighted by atomic mass is 32.2. The quantitative estimate of drug-likeness (QED) is 0.625. The van der Waals surface area contributed by atoms with Crippen LogP contribution in [0.5, 0.6) is 0 Å². The van der Waals surface area contributed by atoms with Crippen molar-refractivity contribution in [1.29, 1.82) is 0 Å². The zero-order chi connectivity index (χ0) is 12.5. The van der Waals surface area contributed by atoms with Gasteiger partial charge in [-0.2, -0.15) is 0 Å². The topological polar surface area (TPSA) is 69.6 Å². The van der Waals surface area contributed by atoms with Crippen molar-refractivity contribution in [1.82, 2.24) is 5.32 Å². The van der Waals surface area contributed by atoms with Crippen molar-refractivity contribution in [3.8, 4) is 0 Å². The Hall–Kier alpha value is -1.04. The van der Waals surface area contributed by atoms with E-state index < -0.39 is 6.04 Å². The summed E-state index contributed by atoms with van der Waals surface area (Å²) >= 11 is 1.61. The molecule has 17 heavy (non-hydrogen) atoms. The number of nitrogens with one attached hydrogen (secondary N) is 1. The molecule has 0 aliphatic heterocycles. The molecule has 94 valence electrons. The standard InChI is InChI=1S/C12H17NO3S/c14-8-10(9-15)13-12(16)6-7-17-11-4-2-1-3-5-11/h1-5,10,14-15H,6-9H2,(H,13,16). The van der Waals surface area contributed by atoms with Gasteiger partial charge in [0.1, 0.15) is 0 Å². The first-order valence-corrected chi connectivity index (χ1v) is 6.43. The predicted octanol–water partition coefficient (Wildman–Crippen LogP) is 0.638. The average Bonchev–Trinajstić information content (AvgIpc) is 2.37. The number of carbonyl (C=O) groups is 1. The van der Waals surface area contributed by atoms with Crippen LogP contribution in [0.2, 0.25) is 0 Å². The Labute approximate surface area is 105 Å². The minimum atomic E-state index is -0.552. The van der Waals surface area contributed by atoms with Crippen molar-refractivity contribution in [2.24, 2.45) is 0 Å². The molecule has 0 aromatic heterocycles. The molecule has 1 amide bonds. The van der Waals surface area contributed by atoms with Crippen LogP contribution in [0.3, 0.4) is 0 Å². The van der Waals surface area contributed by atoms with Crippen LogP contribution in [-0.2, 0) is 4.79 Å². The lowest BCUT2D eigenvalue weighted by Crippen LogP contribution is -2.40. The summed E-state index contributed by atoms with van der Waals surface area (Å²) in [5.74, 6) is 0.529. The van der Waals surface area contributed by atoms with Crippen LogP contribution < -0.4 is 5.32 Å². The van der Waals surface area contributed by atoms with Gasteiger partial charge < -0.3 is 15.5 Å². The Kier molecular flexibility index (Phi) is 6.69. The molecule has 0 atom stereocenters. The molecule has 0 unspecified atom stereocenters. The van der Waals surface area contributed by atoms with E-state index in [1.165, 1.54) is 0 Å². The zero-order valence-corrected chi connectivity index (χ0v) is 10.3. The third-order valence-electron chi connectivity index (χ3n) is 2.15. The van der Waals surface area contributed by atoms with Crippen molar-refractivity contribution in [3.05, 3.63) is 30.3 Å². The van der Waals surface area contributed by atoms with E-state index in [0.717, 1.165) is 4.90 Å². The van der Waals surface area contributed by atoms with Gasteiger partial charge in [0.05, 0.1) is 19.3 Å². The molecule has 0 bridgehead atoms. The highest BCUT2D eigenvalue weighted by molar-refractivity contribution is 7.99. The molecule has 0 fully saturated rings. The lowest BCUT2D eigenvalue weighted by atomic mass is 10.3. The van der Waals surface area contributed by atoms with Crippen molar-refractivity contribution >= 4 is 17.7 Å². The van der Waals surface area contributed by atoms with Crippen LogP contribution in [-0.4, -0.2) is 41.1 Å². The summed E-state index contributed by atoms with van der Waals surface area (Å²) in [4.78, 5) is 12.5. The average molecular weight is 255 g/mol. The smallest absolute Gasteiger partial charge is 0.221 e. The van der Waals surface area contributed by atoms with Gasteiger partial charge in [-0.3, -0.25) is 4.79 Å². The fourth-order valence-electron chi connectivity index (χ4n) is 1.23. The first kappa shape index (κ1) is 14.0. The second-order valence-corrected chi connectivity index (χ2v) is 4.71. The number of rotatable bonds is 7. The number of hydrogen-bond donors (Lipinski definition) is 3. The Bertz CT molecular complexity index is 328. The maximum atomic E-state index is 11.4. The summed E-state index contributed by atoms with van der Waals surface area (Å²) < 4.78 is 0. The largest absolute Gasteiger partial charge is 0.394 e. The van der Waals surface area contributed by atoms with E-state index in [1.807, 2.05) is 30.3 Å². The number of benzene rings is 1. The second kappa shape index (κ2) is 8.11. The maximum Gasteiger partial charge on any atom is 0.221 e. The number of thioether (sulfide) groups is 1. The SMILES string of the molecule is O=C(CCSc1ccccc1)NC(CO)CO. The minimum absolute atomic E-state index is 0.151. The molecule has 3 N–H and O–H groups in total. The Morgan fingerprint density at radius 3 is 2.47 bits per heavy atom. The molecule has 0 aliphatic carbocycles. The van der Waals surface area contributed by atoms with Gasteiger partial charge in [-0.25, -0.2) is 0 Å². The van der Waals surface area contributed by atoms with E-state index in [-0.39, 0.29) is 19.1 Å². The number of hydrogen-bond acceptors (Lipinski definition) is 4. The van der Waals surface area contributed by atoms with Gasteiger partial charge >= 0.3 is 0 Å². The first-order valence-electron chi connectivity index (χ1n) is 5.45. The first-order chi connectivity index (χ1) is 8.26. The Morgan fingerprint density at radius 1 is 1.24 bits per heavy atom. The third kappa shape index (κ3) is 5.72. The molecule has 0 saturated heterocycles. The predicted molar refractivity (Wildman–Crippen MR) is 67.9 cm³/mol. The molecule has 4 nitrogen and oxygen atoms in total. The third-order valence-corrected chi connectivity index (χ3v) is 3.16. The minimum Gasteiger partial charge on any atom is -0.394 e. The van der Waals surface area contributed by atoms with Crippen LogP contribution in [0.15, 0.2) is 35.2 Å². The Morgan fingerprint density at radius 2 is 1.88 bits per heavy atom. The summed E-state index contributed by atoms with van der Waals surface area (Å²) in [6.07, 6.45) is 0.371. The maximum absolute atomic E-state index is 11.4. The zero-order valence-electron chi connectivity index (χ0n) is 9.50. The van der Waals surface area contributed by atoms with E-state index in [0.29, 0.717) is 12.2 Å². The normalized spacial score (nSPS) is 10.5. The highest BCUT2D eigenvalue weighted by Crippen LogP contribution is 2.17. The van der Waals surface area contributed by atoms with Gasteiger partial charge in [0.15, 0.2) is 0 Å². The van der Waals surface area contributed by atoms with Crippen LogP contribution >= 0.6 is 11.8 Å². The van der Waals surface area contributed by atoms with Crippen LogP contribution in [0.4, 0.5) is 0 Å². The van der Waals surface area contributed by atoms with Crippen LogP contribution in [0.1, 0.15) is 6.42 Å². The summed E-state index contributed by atoms with van der Waals surface area (Å²) in [7, 11) is 0. The van der Waals surface area contributed by atoms with Crippen LogP contribution in [0, 0.1) is 0 Å². The van der Waals surface area contributed by atoms with Gasteiger partial charge in [-0.1, -0.05) is 18.2 Å². The second-order valence-electron chi connectivity index (χ2n) is 3.54. The molecule has 1 aromatic carbocycles. The molecular formula is C12H17NO3S. The van der Waals surface area contributed by atoms with E-state index in [9.17, 15) is 4.79 Å². The summed E-state index contributed by atoms with van der Waals surface area (Å²) in [5.41, 5.74) is 0. The van der Waals surface area contributed by atoms with Gasteiger partial charge in [0, 0.05) is 17.1 Å². The number of aliphatic hydroxyl groups is 2. The molecule has 1 aromatic rings. The molecule has 0 saturated carbocycles. The number of carbonyl (C=O) groups excluding carboxylic acids is 1. The van der Waals surface area contributed by atoms with E-state index in [2.05, 4.69) is 5.32 Å². The van der Waals surface area contributed by atoms with E-state index in [4.69, 9.17) is 10.2 Å². The van der Waals surface area contributed by atoms with Gasteiger partial charge in [0.2, 0.25) is 5.91 Å². The van der Waals surface area contributed by atoms with E-state index >= 15 is 0 Å². The molecule has 0 aliphatic rings. The molecule has 5 heteroatoms. The summed E-state index contributed by atoms with van der Waals surface area (Å²) in [5, 5.41) is 20.1. The lowest BCUT2D eigenvalue weighted by Gasteiger charge is -2.12.